The van der Waals surface area contributed by atoms with E-state index in [4.69, 9.17) is 15.6 Å². The summed E-state index contributed by atoms with van der Waals surface area (Å²) in [6, 6.07) is 20.0. The summed E-state index contributed by atoms with van der Waals surface area (Å²) in [5, 5.41) is 5.99. The molecule has 2 aliphatic heterocycles. The van der Waals surface area contributed by atoms with Crippen molar-refractivity contribution in [3.05, 3.63) is 78.1 Å². The lowest BCUT2D eigenvalue weighted by atomic mass is 10.00. The van der Waals surface area contributed by atoms with Crippen LogP contribution >= 0.6 is 0 Å². The molecule has 2 aromatic heterocycles. The summed E-state index contributed by atoms with van der Waals surface area (Å²) in [6.45, 7) is 4.39. The van der Waals surface area contributed by atoms with Crippen LogP contribution in [-0.2, 0) is 4.79 Å². The summed E-state index contributed by atoms with van der Waals surface area (Å²) in [7, 11) is 0. The van der Waals surface area contributed by atoms with E-state index in [-0.39, 0.29) is 24.2 Å². The Bertz CT molecular complexity index is 1500. The minimum Gasteiger partial charge on any atom is -0.490 e. The van der Waals surface area contributed by atoms with Crippen molar-refractivity contribution < 1.29 is 14.3 Å². The van der Waals surface area contributed by atoms with E-state index in [2.05, 4.69) is 18.8 Å². The molecule has 2 unspecified atom stereocenters. The predicted octanol–water partition coefficient (Wildman–Crippen LogP) is 5.36. The van der Waals surface area contributed by atoms with Crippen LogP contribution in [0.2, 0.25) is 0 Å². The molecule has 4 aromatic rings. The van der Waals surface area contributed by atoms with Crippen molar-refractivity contribution >= 4 is 23.2 Å². The van der Waals surface area contributed by atoms with Gasteiger partial charge in [-0.15, -0.1) is 0 Å². The minimum atomic E-state index is -0.470. The molecule has 8 nitrogen and oxygen atoms in total. The van der Waals surface area contributed by atoms with Gasteiger partial charge in [0.25, 0.3) is 0 Å². The van der Waals surface area contributed by atoms with Crippen molar-refractivity contribution in [2.24, 2.45) is 11.7 Å². The second kappa shape index (κ2) is 10.8. The van der Waals surface area contributed by atoms with E-state index in [1.807, 2.05) is 70.4 Å². The Kier molecular flexibility index (Phi) is 7.00. The molecule has 0 aliphatic carbocycles. The Balaban J connectivity index is 1.34. The normalized spacial score (nSPS) is 21.1. The van der Waals surface area contributed by atoms with Gasteiger partial charge in [-0.2, -0.15) is 5.10 Å². The molecule has 40 heavy (non-hydrogen) atoms. The number of carbonyl (C=O) groups is 2. The van der Waals surface area contributed by atoms with E-state index in [9.17, 15) is 9.59 Å². The molecule has 2 aromatic carbocycles. The molecule has 206 valence electrons. The molecule has 2 N–H and O–H groups in total. The fraction of sp³-hybridized carbons (Fsp3) is 0.375. The summed E-state index contributed by atoms with van der Waals surface area (Å²) in [4.78, 5) is 30.1. The maximum atomic E-state index is 12.1. The number of hydrogen-bond donors (Lipinski definition) is 1. The maximum absolute atomic E-state index is 12.1. The van der Waals surface area contributed by atoms with Crippen molar-refractivity contribution in [1.82, 2.24) is 19.7 Å². The molecular weight excluding hydrogens is 502 g/mol. The number of hydrogen-bond acceptors (Lipinski definition) is 5. The van der Waals surface area contributed by atoms with E-state index in [1.165, 1.54) is 0 Å². The van der Waals surface area contributed by atoms with Gasteiger partial charge in [0.1, 0.15) is 17.5 Å². The highest BCUT2D eigenvalue weighted by molar-refractivity contribution is 6.01. The molecule has 4 heterocycles. The Labute approximate surface area is 234 Å². The number of nitrogens with two attached hydrogens (primary N) is 1. The van der Waals surface area contributed by atoms with E-state index in [0.717, 1.165) is 72.1 Å². The van der Waals surface area contributed by atoms with E-state index < -0.39 is 5.91 Å². The van der Waals surface area contributed by atoms with Crippen LogP contribution in [0.25, 0.3) is 22.2 Å². The van der Waals surface area contributed by atoms with Gasteiger partial charge in [-0.3, -0.25) is 19.3 Å². The number of pyridine rings is 1. The Morgan fingerprint density at radius 3 is 2.45 bits per heavy atom. The van der Waals surface area contributed by atoms with E-state index in [0.29, 0.717) is 11.5 Å². The lowest BCUT2D eigenvalue weighted by Crippen LogP contribution is -2.45. The molecule has 0 saturated carbocycles. The van der Waals surface area contributed by atoms with Crippen molar-refractivity contribution in [1.29, 1.82) is 0 Å². The fourth-order valence-electron chi connectivity index (χ4n) is 6.43. The number of rotatable bonds is 9. The largest absolute Gasteiger partial charge is 0.490 e. The SMILES string of the molecule is CC(C)C[C@@H](c1ccccn1)n1nc(-c2ccc(OC3CC4CCC(C3)N4C=O)cc2)c2cc(C(N)=O)ccc21. The molecule has 2 aliphatic rings. The second-order valence-electron chi connectivity index (χ2n) is 11.5. The first-order chi connectivity index (χ1) is 19.4. The molecule has 2 saturated heterocycles. The van der Waals surface area contributed by atoms with Crippen LogP contribution in [-0.4, -0.2) is 50.2 Å². The van der Waals surface area contributed by atoms with Gasteiger partial charge in [0.15, 0.2) is 0 Å². The lowest BCUT2D eigenvalue weighted by Gasteiger charge is -2.36. The van der Waals surface area contributed by atoms with Crippen LogP contribution in [0, 0.1) is 5.92 Å². The fourth-order valence-corrected chi connectivity index (χ4v) is 6.43. The summed E-state index contributed by atoms with van der Waals surface area (Å²) < 4.78 is 8.41. The molecule has 2 bridgehead atoms. The molecule has 8 heteroatoms. The molecule has 0 radical (unpaired) electrons. The highest BCUT2D eigenvalue weighted by Crippen LogP contribution is 2.38. The van der Waals surface area contributed by atoms with E-state index in [1.54, 1.807) is 6.07 Å². The van der Waals surface area contributed by atoms with Gasteiger partial charge in [-0.25, -0.2) is 0 Å². The van der Waals surface area contributed by atoms with Crippen LogP contribution < -0.4 is 10.5 Å². The standard InChI is InChI=1S/C32H35N5O3/c1-20(2)15-30(28-5-3-4-14-34-28)37-29-13-8-22(32(33)39)16-27(29)31(35-37)21-6-11-25(12-7-21)40-26-17-23-9-10-24(18-26)36(23)19-38/h3-8,11-14,16,19-20,23-24,26,30H,9-10,15,17-18H2,1-2H3,(H2,33,39)/t23?,24?,26?,30-/m0/s1. The third kappa shape index (κ3) is 4.94. The van der Waals surface area contributed by atoms with Crippen LogP contribution in [0.1, 0.15) is 68.0 Å². The van der Waals surface area contributed by atoms with E-state index >= 15 is 0 Å². The summed E-state index contributed by atoms with van der Waals surface area (Å²) in [5.41, 5.74) is 9.69. The Morgan fingerprint density at radius 2 is 1.82 bits per heavy atom. The van der Waals surface area contributed by atoms with Crippen LogP contribution in [0.5, 0.6) is 5.75 Å². The molecule has 3 atom stereocenters. The number of aromatic nitrogens is 3. The first-order valence-electron chi connectivity index (χ1n) is 14.1. The van der Waals surface area contributed by atoms with Crippen molar-refractivity contribution in [2.75, 3.05) is 0 Å². The molecule has 0 spiro atoms. The number of ether oxygens (including phenoxy) is 1. The average molecular weight is 538 g/mol. The molecule has 2 amide bonds. The van der Waals surface area contributed by atoms with Crippen molar-refractivity contribution in [3.63, 3.8) is 0 Å². The number of carbonyl (C=O) groups excluding carboxylic acids is 2. The first kappa shape index (κ1) is 26.0. The quantitative estimate of drug-likeness (QED) is 0.290. The smallest absolute Gasteiger partial charge is 0.248 e. The highest BCUT2D eigenvalue weighted by Gasteiger charge is 2.40. The van der Waals surface area contributed by atoms with Gasteiger partial charge in [0.05, 0.1) is 17.3 Å². The number of nitrogens with zero attached hydrogens (tertiary/aromatic N) is 4. The van der Waals surface area contributed by atoms with Gasteiger partial charge in [-0.05, 0) is 79.8 Å². The zero-order valence-electron chi connectivity index (χ0n) is 22.9. The van der Waals surface area contributed by atoms with Crippen LogP contribution in [0.4, 0.5) is 0 Å². The summed E-state index contributed by atoms with van der Waals surface area (Å²) in [6.07, 6.45) is 7.63. The number of primary amides is 1. The lowest BCUT2D eigenvalue weighted by molar-refractivity contribution is -0.123. The van der Waals surface area contributed by atoms with Crippen LogP contribution in [0.15, 0.2) is 66.9 Å². The van der Waals surface area contributed by atoms with Gasteiger partial charge >= 0.3 is 0 Å². The zero-order chi connectivity index (χ0) is 27.8. The molecule has 6 rings (SSSR count). The second-order valence-corrected chi connectivity index (χ2v) is 11.5. The van der Waals surface area contributed by atoms with Crippen molar-refractivity contribution in [3.8, 4) is 17.0 Å². The van der Waals surface area contributed by atoms with Crippen LogP contribution in [0.3, 0.4) is 0 Å². The zero-order valence-corrected chi connectivity index (χ0v) is 22.9. The summed E-state index contributed by atoms with van der Waals surface area (Å²) in [5.74, 6) is 0.757. The highest BCUT2D eigenvalue weighted by atomic mass is 16.5. The number of benzene rings is 2. The Morgan fingerprint density at radius 1 is 1.07 bits per heavy atom. The Hall–Kier alpha value is -4.20. The van der Waals surface area contributed by atoms with Crippen molar-refractivity contribution in [2.45, 2.75) is 70.2 Å². The molecule has 2 fully saturated rings. The topological polar surface area (TPSA) is 103 Å². The van der Waals surface area contributed by atoms with Gasteiger partial charge in [-0.1, -0.05) is 19.9 Å². The monoisotopic (exact) mass is 537 g/mol. The molecular formula is C32H35N5O3. The predicted molar refractivity (Wildman–Crippen MR) is 154 cm³/mol. The van der Waals surface area contributed by atoms with Gasteiger partial charge < -0.3 is 15.4 Å². The third-order valence-electron chi connectivity index (χ3n) is 8.31. The van der Waals surface area contributed by atoms with Gasteiger partial charge in [0, 0.05) is 47.6 Å². The first-order valence-corrected chi connectivity index (χ1v) is 14.1. The minimum absolute atomic E-state index is 0.0629. The number of amides is 2. The number of piperidine rings is 1. The third-order valence-corrected chi connectivity index (χ3v) is 8.31. The number of fused-ring (bicyclic) bond motifs is 3. The summed E-state index contributed by atoms with van der Waals surface area (Å²) >= 11 is 0. The maximum Gasteiger partial charge on any atom is 0.248 e. The van der Waals surface area contributed by atoms with Gasteiger partial charge in [0.2, 0.25) is 12.3 Å². The average Bonchev–Trinajstić information content (AvgIpc) is 3.46.